The van der Waals surface area contributed by atoms with E-state index >= 15 is 0 Å². The van der Waals surface area contributed by atoms with Crippen LogP contribution in [0.15, 0.2) is 9.59 Å². The predicted molar refractivity (Wildman–Crippen MR) is 39.3 cm³/mol. The van der Waals surface area contributed by atoms with E-state index in [1.165, 1.54) is 0 Å². The van der Waals surface area contributed by atoms with Gasteiger partial charge in [-0.25, -0.2) is 24.4 Å². The van der Waals surface area contributed by atoms with Crippen molar-refractivity contribution in [3.05, 3.63) is 21.0 Å². The number of nitrogens with zero attached hydrogens (tertiary/aromatic N) is 1. The van der Waals surface area contributed by atoms with Crippen LogP contribution in [0.1, 0.15) is 6.92 Å². The molecule has 0 saturated heterocycles. The minimum absolute atomic E-state index is 0.204. The van der Waals surface area contributed by atoms with Crippen LogP contribution < -0.4 is 17.1 Å². The van der Waals surface area contributed by atoms with Crippen molar-refractivity contribution in [1.82, 2.24) is 14.8 Å². The van der Waals surface area contributed by atoms with Crippen LogP contribution in [-0.4, -0.2) is 20.8 Å². The van der Waals surface area contributed by atoms with Crippen molar-refractivity contribution < 1.29 is 0 Å². The van der Waals surface area contributed by atoms with Gasteiger partial charge in [-0.2, -0.15) is 0 Å². The maximum atomic E-state index is 10.8. The highest BCUT2D eigenvalue weighted by atomic mass is 16.2. The molecule has 1 unspecified atom stereocenters. The van der Waals surface area contributed by atoms with Gasteiger partial charge in [-0.1, -0.05) is 0 Å². The number of hydrogen-bond donors (Lipinski definition) is 3. The van der Waals surface area contributed by atoms with Crippen molar-refractivity contribution in [3.8, 4) is 0 Å². The van der Waals surface area contributed by atoms with E-state index in [0.717, 1.165) is 4.57 Å². The Balaban J connectivity index is 3.02. The number of rotatable bonds is 2. The highest BCUT2D eigenvalue weighted by Crippen LogP contribution is 1.75. The average molecular weight is 158 g/mol. The molecule has 0 radical (unpaired) electrons. The molecule has 4 N–H and O–H groups in total. The van der Waals surface area contributed by atoms with Crippen LogP contribution in [0, 0.1) is 0 Å². The molecule has 0 amide bonds. The zero-order valence-corrected chi connectivity index (χ0v) is 6.13. The van der Waals surface area contributed by atoms with Crippen molar-refractivity contribution in [1.29, 1.82) is 0 Å². The molecule has 0 aliphatic carbocycles. The standard InChI is InChI=1S/C5H10N4O2/c1-3(6)2-9-4(10)7-8-5(9)11/h3H,2,6H2,1H3,(H,7,10)(H,8,11). The summed E-state index contributed by atoms with van der Waals surface area (Å²) < 4.78 is 1.02. The van der Waals surface area contributed by atoms with Gasteiger partial charge in [0.1, 0.15) is 0 Å². The van der Waals surface area contributed by atoms with Gasteiger partial charge in [0.2, 0.25) is 0 Å². The van der Waals surface area contributed by atoms with Crippen LogP contribution in [0.2, 0.25) is 0 Å². The van der Waals surface area contributed by atoms with E-state index in [1.54, 1.807) is 6.92 Å². The Kier molecular flexibility index (Phi) is 1.95. The van der Waals surface area contributed by atoms with Crippen LogP contribution in [0.3, 0.4) is 0 Å². The monoisotopic (exact) mass is 158 g/mol. The van der Waals surface area contributed by atoms with Gasteiger partial charge < -0.3 is 5.73 Å². The lowest BCUT2D eigenvalue weighted by Crippen LogP contribution is -2.34. The molecule has 62 valence electrons. The second-order valence-corrected chi connectivity index (χ2v) is 2.45. The lowest BCUT2D eigenvalue weighted by Gasteiger charge is -2.01. The molecule has 11 heavy (non-hydrogen) atoms. The summed E-state index contributed by atoms with van der Waals surface area (Å²) in [5.74, 6) is 0. The summed E-state index contributed by atoms with van der Waals surface area (Å²) in [6.07, 6.45) is 0. The van der Waals surface area contributed by atoms with E-state index in [4.69, 9.17) is 5.73 Å². The number of aromatic nitrogens is 3. The number of nitrogens with one attached hydrogen (secondary N) is 2. The average Bonchev–Trinajstić information content (AvgIpc) is 2.18. The highest BCUT2D eigenvalue weighted by Gasteiger charge is 2.03. The Hall–Kier alpha value is -1.30. The molecular weight excluding hydrogens is 148 g/mol. The third-order valence-electron chi connectivity index (χ3n) is 1.24. The molecule has 1 atom stereocenters. The van der Waals surface area contributed by atoms with Crippen molar-refractivity contribution in [2.45, 2.75) is 19.5 Å². The van der Waals surface area contributed by atoms with Crippen molar-refractivity contribution in [3.63, 3.8) is 0 Å². The van der Waals surface area contributed by atoms with E-state index in [9.17, 15) is 9.59 Å². The van der Waals surface area contributed by atoms with Gasteiger partial charge in [0.15, 0.2) is 0 Å². The normalized spacial score (nSPS) is 13.3. The van der Waals surface area contributed by atoms with Crippen LogP contribution in [-0.2, 0) is 6.54 Å². The molecule has 6 heteroatoms. The Morgan fingerprint density at radius 3 is 2.27 bits per heavy atom. The zero-order chi connectivity index (χ0) is 8.43. The Morgan fingerprint density at radius 2 is 1.91 bits per heavy atom. The van der Waals surface area contributed by atoms with Gasteiger partial charge in [-0.15, -0.1) is 0 Å². The molecular formula is C5H10N4O2. The third kappa shape index (κ3) is 1.58. The number of hydrogen-bond acceptors (Lipinski definition) is 3. The van der Waals surface area contributed by atoms with Crippen molar-refractivity contribution >= 4 is 0 Å². The molecule has 0 fully saturated rings. The largest absolute Gasteiger partial charge is 0.344 e. The summed E-state index contributed by atoms with van der Waals surface area (Å²) >= 11 is 0. The first-order valence-corrected chi connectivity index (χ1v) is 3.24. The molecule has 1 aromatic rings. The van der Waals surface area contributed by atoms with E-state index < -0.39 is 11.4 Å². The maximum Gasteiger partial charge on any atom is 0.344 e. The molecule has 0 spiro atoms. The van der Waals surface area contributed by atoms with Gasteiger partial charge in [0.25, 0.3) is 0 Å². The minimum atomic E-state index is -0.452. The second kappa shape index (κ2) is 2.75. The fraction of sp³-hybridized carbons (Fsp3) is 0.600. The van der Waals surface area contributed by atoms with Crippen LogP contribution >= 0.6 is 0 Å². The summed E-state index contributed by atoms with van der Waals surface area (Å²) in [4.78, 5) is 21.6. The zero-order valence-electron chi connectivity index (χ0n) is 6.13. The van der Waals surface area contributed by atoms with Crippen LogP contribution in [0.25, 0.3) is 0 Å². The van der Waals surface area contributed by atoms with Crippen LogP contribution in [0.5, 0.6) is 0 Å². The first-order valence-electron chi connectivity index (χ1n) is 3.24. The summed E-state index contributed by atoms with van der Waals surface area (Å²) in [7, 11) is 0. The quantitative estimate of drug-likeness (QED) is 0.474. The van der Waals surface area contributed by atoms with Gasteiger partial charge in [-0.05, 0) is 6.92 Å². The summed E-state index contributed by atoms with van der Waals surface area (Å²) in [6, 6.07) is -0.204. The van der Waals surface area contributed by atoms with Gasteiger partial charge in [0, 0.05) is 12.6 Å². The maximum absolute atomic E-state index is 10.8. The van der Waals surface area contributed by atoms with Crippen LogP contribution in [0.4, 0.5) is 0 Å². The molecule has 6 nitrogen and oxygen atoms in total. The number of nitrogens with two attached hydrogens (primary N) is 1. The Morgan fingerprint density at radius 1 is 1.45 bits per heavy atom. The SMILES string of the molecule is CC(N)Cn1c(=O)[nH][nH]c1=O. The van der Waals surface area contributed by atoms with Crippen molar-refractivity contribution in [2.24, 2.45) is 5.73 Å². The van der Waals surface area contributed by atoms with E-state index in [-0.39, 0.29) is 12.6 Å². The Bertz CT molecular complexity index is 303. The summed E-state index contributed by atoms with van der Waals surface area (Å²) in [6.45, 7) is 1.95. The fourth-order valence-corrected chi connectivity index (χ4v) is 0.788. The summed E-state index contributed by atoms with van der Waals surface area (Å²) in [5, 5.41) is 4.31. The number of aromatic amines is 2. The molecule has 0 aliphatic rings. The number of H-pyrrole nitrogens is 2. The minimum Gasteiger partial charge on any atom is -0.326 e. The molecule has 0 aliphatic heterocycles. The van der Waals surface area contributed by atoms with E-state index in [2.05, 4.69) is 10.2 Å². The first-order chi connectivity index (χ1) is 5.11. The van der Waals surface area contributed by atoms with Crippen molar-refractivity contribution in [2.75, 3.05) is 0 Å². The van der Waals surface area contributed by atoms with E-state index in [0.29, 0.717) is 0 Å². The van der Waals surface area contributed by atoms with Gasteiger partial charge >= 0.3 is 11.4 Å². The topological polar surface area (TPSA) is 96.7 Å². The lowest BCUT2D eigenvalue weighted by molar-refractivity contribution is 0.562. The van der Waals surface area contributed by atoms with Gasteiger partial charge in [-0.3, -0.25) is 0 Å². The molecule has 0 saturated carbocycles. The smallest absolute Gasteiger partial charge is 0.326 e. The Labute approximate surface area is 62.0 Å². The third-order valence-corrected chi connectivity index (χ3v) is 1.24. The molecule has 0 aromatic carbocycles. The highest BCUT2D eigenvalue weighted by molar-refractivity contribution is 4.68. The first kappa shape index (κ1) is 7.80. The van der Waals surface area contributed by atoms with Gasteiger partial charge in [0.05, 0.1) is 0 Å². The van der Waals surface area contributed by atoms with E-state index in [1.807, 2.05) is 0 Å². The molecule has 0 bridgehead atoms. The molecule has 1 aromatic heterocycles. The molecule has 1 rings (SSSR count). The molecule has 1 heterocycles. The fourth-order valence-electron chi connectivity index (χ4n) is 0.788. The predicted octanol–water partition coefficient (Wildman–Crippen LogP) is -1.79. The summed E-state index contributed by atoms with van der Waals surface area (Å²) in [5.41, 5.74) is 4.49. The second-order valence-electron chi connectivity index (χ2n) is 2.45. The lowest BCUT2D eigenvalue weighted by atomic mass is 10.4.